The van der Waals surface area contributed by atoms with E-state index in [9.17, 15) is 4.79 Å². The van der Waals surface area contributed by atoms with Gasteiger partial charge in [-0.05, 0) is 38.5 Å². The van der Waals surface area contributed by atoms with Crippen LogP contribution in [0.5, 0.6) is 0 Å². The third kappa shape index (κ3) is 4.45. The molecule has 2 aliphatic rings. The van der Waals surface area contributed by atoms with Gasteiger partial charge in [0.2, 0.25) is 5.91 Å². The van der Waals surface area contributed by atoms with Crippen LogP contribution in [0.15, 0.2) is 0 Å². The SMILES string of the molecule is Cl.NC1CCC(C(=O)NCC2CCCCO2)C1. The van der Waals surface area contributed by atoms with Gasteiger partial charge in [-0.15, -0.1) is 12.4 Å². The Labute approximate surface area is 109 Å². The molecule has 3 unspecified atom stereocenters. The van der Waals surface area contributed by atoms with Crippen LogP contribution < -0.4 is 11.1 Å². The summed E-state index contributed by atoms with van der Waals surface area (Å²) in [6, 6.07) is 0.224. The molecule has 2 rings (SSSR count). The molecule has 0 radical (unpaired) electrons. The summed E-state index contributed by atoms with van der Waals surface area (Å²) < 4.78 is 5.57. The summed E-state index contributed by atoms with van der Waals surface area (Å²) in [4.78, 5) is 11.8. The number of nitrogens with one attached hydrogen (secondary N) is 1. The second-order valence-corrected chi connectivity index (χ2v) is 5.00. The number of carbonyl (C=O) groups excluding carboxylic acids is 1. The fraction of sp³-hybridized carbons (Fsp3) is 0.917. The fourth-order valence-electron chi connectivity index (χ4n) is 2.58. The van der Waals surface area contributed by atoms with Gasteiger partial charge in [0, 0.05) is 25.1 Å². The number of hydrogen-bond donors (Lipinski definition) is 2. The molecule has 0 aromatic rings. The third-order valence-electron chi connectivity index (χ3n) is 3.62. The Morgan fingerprint density at radius 2 is 2.12 bits per heavy atom. The van der Waals surface area contributed by atoms with Crippen LogP contribution in [-0.4, -0.2) is 31.2 Å². The molecule has 5 heteroatoms. The van der Waals surface area contributed by atoms with E-state index in [1.165, 1.54) is 6.42 Å². The minimum absolute atomic E-state index is 0. The van der Waals surface area contributed by atoms with Crippen LogP contribution in [-0.2, 0) is 9.53 Å². The van der Waals surface area contributed by atoms with Crippen molar-refractivity contribution >= 4 is 18.3 Å². The smallest absolute Gasteiger partial charge is 0.223 e. The van der Waals surface area contributed by atoms with Gasteiger partial charge in [0.15, 0.2) is 0 Å². The zero-order chi connectivity index (χ0) is 11.4. The van der Waals surface area contributed by atoms with Crippen LogP contribution in [0.3, 0.4) is 0 Å². The molecule has 2 fully saturated rings. The Morgan fingerprint density at radius 3 is 2.71 bits per heavy atom. The average Bonchev–Trinajstić information content (AvgIpc) is 2.74. The summed E-state index contributed by atoms with van der Waals surface area (Å²) in [5, 5.41) is 3.00. The summed E-state index contributed by atoms with van der Waals surface area (Å²) in [6.45, 7) is 1.51. The molecule has 1 aliphatic carbocycles. The van der Waals surface area contributed by atoms with E-state index in [2.05, 4.69) is 5.32 Å². The first-order chi connectivity index (χ1) is 7.75. The lowest BCUT2D eigenvalue weighted by atomic mass is 10.1. The summed E-state index contributed by atoms with van der Waals surface area (Å²) >= 11 is 0. The van der Waals surface area contributed by atoms with Gasteiger partial charge >= 0.3 is 0 Å². The second-order valence-electron chi connectivity index (χ2n) is 5.00. The molecular weight excluding hydrogens is 240 g/mol. The summed E-state index contributed by atoms with van der Waals surface area (Å²) in [6.07, 6.45) is 6.45. The van der Waals surface area contributed by atoms with Crippen LogP contribution in [0, 0.1) is 5.92 Å². The van der Waals surface area contributed by atoms with Crippen molar-refractivity contribution in [1.82, 2.24) is 5.32 Å². The number of ether oxygens (including phenoxy) is 1. The Morgan fingerprint density at radius 1 is 1.29 bits per heavy atom. The highest BCUT2D eigenvalue weighted by molar-refractivity contribution is 5.85. The van der Waals surface area contributed by atoms with E-state index >= 15 is 0 Å². The van der Waals surface area contributed by atoms with Crippen molar-refractivity contribution in [3.8, 4) is 0 Å². The topological polar surface area (TPSA) is 64.4 Å². The predicted molar refractivity (Wildman–Crippen MR) is 69.2 cm³/mol. The van der Waals surface area contributed by atoms with Gasteiger partial charge in [-0.2, -0.15) is 0 Å². The summed E-state index contributed by atoms with van der Waals surface area (Å²) in [7, 11) is 0. The van der Waals surface area contributed by atoms with E-state index in [1.54, 1.807) is 0 Å². The van der Waals surface area contributed by atoms with Crippen LogP contribution in [0.4, 0.5) is 0 Å². The minimum Gasteiger partial charge on any atom is -0.376 e. The van der Waals surface area contributed by atoms with Crippen molar-refractivity contribution in [3.05, 3.63) is 0 Å². The fourth-order valence-corrected chi connectivity index (χ4v) is 2.58. The summed E-state index contributed by atoms with van der Waals surface area (Å²) in [5.41, 5.74) is 5.80. The molecule has 1 aliphatic heterocycles. The van der Waals surface area contributed by atoms with E-state index in [1.807, 2.05) is 0 Å². The van der Waals surface area contributed by atoms with Gasteiger partial charge in [-0.3, -0.25) is 4.79 Å². The highest BCUT2D eigenvalue weighted by Crippen LogP contribution is 2.24. The Kier molecular flexibility index (Phi) is 6.23. The lowest BCUT2D eigenvalue weighted by Crippen LogP contribution is -2.38. The first kappa shape index (κ1) is 14.7. The molecule has 1 saturated heterocycles. The average molecular weight is 263 g/mol. The minimum atomic E-state index is 0. The largest absolute Gasteiger partial charge is 0.376 e. The zero-order valence-corrected chi connectivity index (χ0v) is 11.0. The van der Waals surface area contributed by atoms with Crippen molar-refractivity contribution in [2.75, 3.05) is 13.2 Å². The van der Waals surface area contributed by atoms with Gasteiger partial charge in [0.1, 0.15) is 0 Å². The monoisotopic (exact) mass is 262 g/mol. The summed E-state index contributed by atoms with van der Waals surface area (Å²) in [5.74, 6) is 0.306. The van der Waals surface area contributed by atoms with Crippen LogP contribution >= 0.6 is 12.4 Å². The number of carbonyl (C=O) groups is 1. The van der Waals surface area contributed by atoms with E-state index < -0.39 is 0 Å². The van der Waals surface area contributed by atoms with Crippen molar-refractivity contribution in [2.45, 2.75) is 50.7 Å². The molecule has 1 amide bonds. The Hall–Kier alpha value is -0.320. The molecule has 3 atom stereocenters. The number of halogens is 1. The standard InChI is InChI=1S/C12H22N2O2.ClH/c13-10-5-4-9(7-10)12(15)14-8-11-3-1-2-6-16-11;/h9-11H,1-8,13H2,(H,14,15);1H. The second kappa shape index (κ2) is 7.19. The number of nitrogens with two attached hydrogens (primary N) is 1. The van der Waals surface area contributed by atoms with Crippen molar-refractivity contribution in [2.24, 2.45) is 11.7 Å². The predicted octanol–water partition coefficient (Wildman–Crippen LogP) is 1.22. The first-order valence-corrected chi connectivity index (χ1v) is 6.40. The van der Waals surface area contributed by atoms with Gasteiger partial charge in [-0.25, -0.2) is 0 Å². The molecule has 4 nitrogen and oxygen atoms in total. The zero-order valence-electron chi connectivity index (χ0n) is 10.2. The van der Waals surface area contributed by atoms with Gasteiger partial charge in [0.05, 0.1) is 6.10 Å². The third-order valence-corrected chi connectivity index (χ3v) is 3.62. The van der Waals surface area contributed by atoms with Crippen molar-refractivity contribution in [1.29, 1.82) is 0 Å². The molecule has 0 aromatic carbocycles. The highest BCUT2D eigenvalue weighted by Gasteiger charge is 2.28. The maximum Gasteiger partial charge on any atom is 0.223 e. The molecule has 0 aromatic heterocycles. The van der Waals surface area contributed by atoms with Crippen LogP contribution in [0.1, 0.15) is 38.5 Å². The number of amides is 1. The molecule has 1 saturated carbocycles. The lowest BCUT2D eigenvalue weighted by Gasteiger charge is -2.23. The van der Waals surface area contributed by atoms with E-state index in [0.717, 1.165) is 38.7 Å². The quantitative estimate of drug-likeness (QED) is 0.804. The molecule has 0 bridgehead atoms. The number of hydrogen-bond acceptors (Lipinski definition) is 3. The molecule has 3 N–H and O–H groups in total. The molecular formula is C12H23ClN2O2. The van der Waals surface area contributed by atoms with E-state index in [0.29, 0.717) is 6.54 Å². The van der Waals surface area contributed by atoms with E-state index in [4.69, 9.17) is 10.5 Å². The first-order valence-electron chi connectivity index (χ1n) is 6.40. The van der Waals surface area contributed by atoms with Crippen molar-refractivity contribution in [3.63, 3.8) is 0 Å². The molecule has 1 heterocycles. The van der Waals surface area contributed by atoms with Crippen molar-refractivity contribution < 1.29 is 9.53 Å². The normalized spacial score (nSPS) is 32.9. The maximum atomic E-state index is 11.8. The van der Waals surface area contributed by atoms with Gasteiger partial charge < -0.3 is 15.8 Å². The van der Waals surface area contributed by atoms with E-state index in [-0.39, 0.29) is 36.4 Å². The van der Waals surface area contributed by atoms with Crippen LogP contribution in [0.2, 0.25) is 0 Å². The maximum absolute atomic E-state index is 11.8. The lowest BCUT2D eigenvalue weighted by molar-refractivity contribution is -0.125. The van der Waals surface area contributed by atoms with Gasteiger partial charge in [-0.1, -0.05) is 0 Å². The Balaban J connectivity index is 0.00000144. The molecule has 0 spiro atoms. The molecule has 100 valence electrons. The molecule has 17 heavy (non-hydrogen) atoms. The number of rotatable bonds is 3. The highest BCUT2D eigenvalue weighted by atomic mass is 35.5. The van der Waals surface area contributed by atoms with Crippen LogP contribution in [0.25, 0.3) is 0 Å². The van der Waals surface area contributed by atoms with Gasteiger partial charge in [0.25, 0.3) is 0 Å². The Bertz CT molecular complexity index is 245.